The first-order valence-corrected chi connectivity index (χ1v) is 4.13. The van der Waals surface area contributed by atoms with Crippen LogP contribution in [0.1, 0.15) is 0 Å². The predicted octanol–water partition coefficient (Wildman–Crippen LogP) is -0.863. The summed E-state index contributed by atoms with van der Waals surface area (Å²) in [5.41, 5.74) is 0. The molecule has 0 aliphatic carbocycles. The standard InChI is InChI=1S/C5H9NO3S/c1-6-4(3-10(6)8)5(7)9-2/h4H,3H2,1-2H3. The number of esters is 1. The minimum atomic E-state index is -0.956. The Kier molecular flexibility index (Phi) is 2.18. The van der Waals surface area contributed by atoms with Crippen molar-refractivity contribution in [3.05, 3.63) is 0 Å². The highest BCUT2D eigenvalue weighted by atomic mass is 32.2. The van der Waals surface area contributed by atoms with E-state index >= 15 is 0 Å². The molecule has 2 unspecified atom stereocenters. The number of rotatable bonds is 1. The average molecular weight is 163 g/mol. The van der Waals surface area contributed by atoms with Crippen molar-refractivity contribution >= 4 is 17.3 Å². The van der Waals surface area contributed by atoms with Gasteiger partial charge in [0.05, 0.1) is 7.11 Å². The molecule has 58 valence electrons. The van der Waals surface area contributed by atoms with Crippen LogP contribution in [-0.2, 0) is 20.9 Å². The molecule has 1 saturated heterocycles. The monoisotopic (exact) mass is 163 g/mol. The highest BCUT2D eigenvalue weighted by Crippen LogP contribution is 2.19. The van der Waals surface area contributed by atoms with Crippen molar-refractivity contribution in [1.29, 1.82) is 0 Å². The van der Waals surface area contributed by atoms with Gasteiger partial charge in [-0.3, -0.25) is 0 Å². The van der Waals surface area contributed by atoms with Gasteiger partial charge in [-0.2, -0.15) is 0 Å². The summed E-state index contributed by atoms with van der Waals surface area (Å²) >= 11 is -0.956. The number of carbonyl (C=O) groups excluding carboxylic acids is 1. The van der Waals surface area contributed by atoms with Gasteiger partial charge >= 0.3 is 5.97 Å². The van der Waals surface area contributed by atoms with Gasteiger partial charge in [0.2, 0.25) is 0 Å². The normalized spacial score (nSPS) is 33.1. The SMILES string of the molecule is COC(=O)C1C[S+]([O-])N1C. The summed E-state index contributed by atoms with van der Waals surface area (Å²) in [7, 11) is 2.97. The van der Waals surface area contributed by atoms with Crippen molar-refractivity contribution in [1.82, 2.24) is 4.31 Å². The maximum absolute atomic E-state index is 10.8. The van der Waals surface area contributed by atoms with Crippen LogP contribution in [0, 0.1) is 0 Å². The topological polar surface area (TPSA) is 52.6 Å². The van der Waals surface area contributed by atoms with Gasteiger partial charge in [0, 0.05) is 18.4 Å². The number of hydrogen-bond donors (Lipinski definition) is 0. The maximum atomic E-state index is 10.8. The van der Waals surface area contributed by atoms with Gasteiger partial charge in [0.25, 0.3) is 0 Å². The average Bonchev–Trinajstić information content (AvgIpc) is 1.98. The molecule has 2 atom stereocenters. The number of hydrogen-bond acceptors (Lipinski definition) is 4. The molecular formula is C5H9NO3S. The number of likely N-dealkylation sites (N-methyl/N-ethyl adjacent to an activating group) is 1. The van der Waals surface area contributed by atoms with Crippen molar-refractivity contribution < 1.29 is 14.1 Å². The van der Waals surface area contributed by atoms with Crippen molar-refractivity contribution in [3.8, 4) is 0 Å². The van der Waals surface area contributed by atoms with Crippen LogP contribution in [-0.4, -0.2) is 40.8 Å². The van der Waals surface area contributed by atoms with Crippen LogP contribution in [0.15, 0.2) is 0 Å². The van der Waals surface area contributed by atoms with E-state index in [1.54, 1.807) is 7.05 Å². The highest BCUT2D eigenvalue weighted by Gasteiger charge is 2.45. The molecule has 5 heteroatoms. The summed E-state index contributed by atoms with van der Waals surface area (Å²) < 4.78 is 16.6. The first-order valence-electron chi connectivity index (χ1n) is 2.86. The second-order valence-electron chi connectivity index (χ2n) is 2.07. The summed E-state index contributed by atoms with van der Waals surface area (Å²) in [5, 5.41) is 0. The maximum Gasteiger partial charge on any atom is 0.332 e. The second-order valence-corrected chi connectivity index (χ2v) is 3.63. The Labute approximate surface area is 62.5 Å². The lowest BCUT2D eigenvalue weighted by atomic mass is 10.3. The van der Waals surface area contributed by atoms with Crippen LogP contribution in [0.4, 0.5) is 0 Å². The zero-order valence-electron chi connectivity index (χ0n) is 5.86. The third-order valence-corrected chi connectivity index (χ3v) is 3.03. The largest absolute Gasteiger partial charge is 0.598 e. The van der Waals surface area contributed by atoms with E-state index in [2.05, 4.69) is 4.74 Å². The lowest BCUT2D eigenvalue weighted by Crippen LogP contribution is -2.58. The van der Waals surface area contributed by atoms with E-state index in [4.69, 9.17) is 0 Å². The number of carbonyl (C=O) groups is 1. The Bertz CT molecular complexity index is 152. The molecule has 1 aliphatic rings. The van der Waals surface area contributed by atoms with Gasteiger partial charge in [0.1, 0.15) is 0 Å². The van der Waals surface area contributed by atoms with E-state index < -0.39 is 11.4 Å². The van der Waals surface area contributed by atoms with Gasteiger partial charge in [-0.15, -0.1) is 4.31 Å². The van der Waals surface area contributed by atoms with Gasteiger partial charge < -0.3 is 9.29 Å². The summed E-state index contributed by atoms with van der Waals surface area (Å²) in [5.74, 6) is 0.102. The van der Waals surface area contributed by atoms with E-state index in [9.17, 15) is 9.35 Å². The smallest absolute Gasteiger partial charge is 0.332 e. The van der Waals surface area contributed by atoms with Crippen LogP contribution < -0.4 is 0 Å². The summed E-state index contributed by atoms with van der Waals surface area (Å²) in [6.45, 7) is 0. The lowest BCUT2D eigenvalue weighted by Gasteiger charge is -2.35. The van der Waals surface area contributed by atoms with Crippen molar-refractivity contribution in [3.63, 3.8) is 0 Å². The van der Waals surface area contributed by atoms with E-state index in [0.29, 0.717) is 5.75 Å². The van der Waals surface area contributed by atoms with Crippen LogP contribution in [0.3, 0.4) is 0 Å². The van der Waals surface area contributed by atoms with E-state index in [-0.39, 0.29) is 12.0 Å². The molecule has 0 radical (unpaired) electrons. The molecule has 0 aromatic rings. The molecule has 0 bridgehead atoms. The Hall–Kier alpha value is -0.260. The molecule has 1 heterocycles. The molecule has 0 saturated carbocycles. The van der Waals surface area contributed by atoms with E-state index in [1.807, 2.05) is 0 Å². The quantitative estimate of drug-likeness (QED) is 0.373. The summed E-state index contributed by atoms with van der Waals surface area (Å²) in [4.78, 5) is 10.8. The van der Waals surface area contributed by atoms with Gasteiger partial charge in [0.15, 0.2) is 11.8 Å². The fourth-order valence-corrected chi connectivity index (χ4v) is 1.82. The van der Waals surface area contributed by atoms with Crippen molar-refractivity contribution in [2.75, 3.05) is 19.9 Å². The molecule has 1 rings (SSSR count). The fraction of sp³-hybridized carbons (Fsp3) is 0.800. The highest BCUT2D eigenvalue weighted by molar-refractivity contribution is 7.90. The molecule has 10 heavy (non-hydrogen) atoms. The minimum absolute atomic E-state index is 0.286. The summed E-state index contributed by atoms with van der Waals surface area (Å²) in [6, 6.07) is -0.286. The van der Waals surface area contributed by atoms with Crippen LogP contribution in [0.2, 0.25) is 0 Å². The third kappa shape index (κ3) is 1.12. The Morgan fingerprint density at radius 2 is 2.50 bits per heavy atom. The molecule has 0 spiro atoms. The minimum Gasteiger partial charge on any atom is -0.598 e. The molecular weight excluding hydrogens is 154 g/mol. The molecule has 1 aliphatic heterocycles. The molecule has 0 aromatic carbocycles. The lowest BCUT2D eigenvalue weighted by molar-refractivity contribution is -0.144. The Morgan fingerprint density at radius 1 is 1.90 bits per heavy atom. The molecule has 4 nitrogen and oxygen atoms in total. The Balaban J connectivity index is 2.40. The van der Waals surface area contributed by atoms with Crippen molar-refractivity contribution in [2.24, 2.45) is 0 Å². The van der Waals surface area contributed by atoms with Gasteiger partial charge in [-0.05, 0) is 0 Å². The second kappa shape index (κ2) is 2.77. The molecule has 0 aromatic heterocycles. The van der Waals surface area contributed by atoms with Crippen molar-refractivity contribution in [2.45, 2.75) is 6.04 Å². The van der Waals surface area contributed by atoms with E-state index in [1.165, 1.54) is 11.4 Å². The first-order chi connectivity index (χ1) is 4.66. The zero-order chi connectivity index (χ0) is 7.72. The number of methoxy groups -OCH3 is 1. The van der Waals surface area contributed by atoms with Gasteiger partial charge in [-0.25, -0.2) is 4.79 Å². The third-order valence-electron chi connectivity index (χ3n) is 1.53. The van der Waals surface area contributed by atoms with Crippen LogP contribution >= 0.6 is 0 Å². The van der Waals surface area contributed by atoms with Crippen LogP contribution in [0.5, 0.6) is 0 Å². The van der Waals surface area contributed by atoms with E-state index in [0.717, 1.165) is 0 Å². The number of ether oxygens (including phenoxy) is 1. The number of nitrogens with zero attached hydrogens (tertiary/aromatic N) is 1. The van der Waals surface area contributed by atoms with Gasteiger partial charge in [-0.1, -0.05) is 0 Å². The molecule has 0 amide bonds. The fourth-order valence-electron chi connectivity index (χ4n) is 0.767. The zero-order valence-corrected chi connectivity index (χ0v) is 6.68. The Morgan fingerprint density at radius 3 is 2.80 bits per heavy atom. The molecule has 0 N–H and O–H groups in total. The predicted molar refractivity (Wildman–Crippen MR) is 36.6 cm³/mol. The molecule has 1 fully saturated rings. The van der Waals surface area contributed by atoms with Crippen LogP contribution in [0.25, 0.3) is 0 Å². The summed E-state index contributed by atoms with van der Waals surface area (Å²) in [6.07, 6.45) is 0. The first kappa shape index (κ1) is 7.84.